The summed E-state index contributed by atoms with van der Waals surface area (Å²) in [6.07, 6.45) is -2.52. The number of imide groups is 1. The second-order valence-electron chi connectivity index (χ2n) is 4.52. The average molecular weight is 297 g/mol. The molecule has 0 bridgehead atoms. The minimum atomic E-state index is -1.47. The monoisotopic (exact) mass is 297 g/mol. The summed E-state index contributed by atoms with van der Waals surface area (Å²) in [5.74, 6) is -4.71. The van der Waals surface area contributed by atoms with Crippen LogP contribution in [0.4, 0.5) is 0 Å². The third-order valence-corrected chi connectivity index (χ3v) is 2.94. The molecule has 1 saturated carbocycles. The maximum Gasteiger partial charge on any atom is 0.344 e. The van der Waals surface area contributed by atoms with Crippen LogP contribution in [0.2, 0.25) is 0 Å². The van der Waals surface area contributed by atoms with Crippen molar-refractivity contribution in [3.8, 4) is 0 Å². The van der Waals surface area contributed by atoms with Gasteiger partial charge in [0.25, 0.3) is 11.8 Å². The number of rotatable bonds is 4. The van der Waals surface area contributed by atoms with Crippen LogP contribution >= 0.6 is 0 Å². The summed E-state index contributed by atoms with van der Waals surface area (Å²) >= 11 is 0. The molecule has 1 aliphatic heterocycles. The van der Waals surface area contributed by atoms with E-state index >= 15 is 0 Å². The van der Waals surface area contributed by atoms with Gasteiger partial charge in [0.2, 0.25) is 6.10 Å². The standard InChI is InChI=1S/C12H11NO8/c14-6-1-2-7(15)12(6)20-10(18)5-11(19)21-13-8(16)3-4-9(13)17/h12H,1-5H2. The topological polar surface area (TPSA) is 124 Å². The smallest absolute Gasteiger partial charge is 0.344 e. The van der Waals surface area contributed by atoms with E-state index in [4.69, 9.17) is 0 Å². The zero-order valence-corrected chi connectivity index (χ0v) is 10.8. The summed E-state index contributed by atoms with van der Waals surface area (Å²) in [4.78, 5) is 72.2. The first-order chi connectivity index (χ1) is 9.88. The highest BCUT2D eigenvalue weighted by atomic mass is 16.7. The second-order valence-corrected chi connectivity index (χ2v) is 4.52. The number of hydrogen-bond donors (Lipinski definition) is 0. The fourth-order valence-electron chi connectivity index (χ4n) is 1.90. The Balaban J connectivity index is 1.84. The molecule has 0 N–H and O–H groups in total. The van der Waals surface area contributed by atoms with Gasteiger partial charge in [-0.05, 0) is 0 Å². The van der Waals surface area contributed by atoms with Gasteiger partial charge in [-0.3, -0.25) is 24.0 Å². The van der Waals surface area contributed by atoms with Gasteiger partial charge in [-0.2, -0.15) is 0 Å². The van der Waals surface area contributed by atoms with Crippen molar-refractivity contribution in [3.63, 3.8) is 0 Å². The summed E-state index contributed by atoms with van der Waals surface area (Å²) in [6.45, 7) is 0. The number of nitrogens with zero attached hydrogens (tertiary/aromatic N) is 1. The molecule has 2 aliphatic rings. The van der Waals surface area contributed by atoms with Crippen molar-refractivity contribution in [2.45, 2.75) is 38.2 Å². The second kappa shape index (κ2) is 5.81. The van der Waals surface area contributed by atoms with Crippen LogP contribution in [0, 0.1) is 0 Å². The molecule has 2 rings (SSSR count). The molecule has 0 aromatic heterocycles. The molecule has 0 aromatic rings. The predicted molar refractivity (Wildman–Crippen MR) is 60.9 cm³/mol. The molecule has 21 heavy (non-hydrogen) atoms. The molecule has 1 saturated heterocycles. The lowest BCUT2D eigenvalue weighted by Gasteiger charge is -2.13. The molecule has 2 amide bonds. The molecule has 0 aromatic carbocycles. The first-order valence-electron chi connectivity index (χ1n) is 6.20. The number of carbonyl (C=O) groups excluding carboxylic acids is 6. The molecule has 0 spiro atoms. The molecule has 2 fully saturated rings. The maximum atomic E-state index is 11.4. The van der Waals surface area contributed by atoms with Crippen LogP contribution < -0.4 is 0 Å². The van der Waals surface area contributed by atoms with E-state index in [2.05, 4.69) is 9.57 Å². The maximum absolute atomic E-state index is 11.4. The quantitative estimate of drug-likeness (QED) is 0.361. The SMILES string of the molecule is O=C(CC(=O)ON1C(=O)CCC1=O)OC1C(=O)CCC1=O. The Morgan fingerprint density at radius 1 is 0.905 bits per heavy atom. The lowest BCUT2D eigenvalue weighted by Crippen LogP contribution is -2.34. The summed E-state index contributed by atoms with van der Waals surface area (Å²) in [5, 5.41) is 0.293. The van der Waals surface area contributed by atoms with Crippen molar-refractivity contribution in [1.82, 2.24) is 5.06 Å². The molecule has 9 heteroatoms. The molecule has 0 atom stereocenters. The Labute approximate surface area is 118 Å². The van der Waals surface area contributed by atoms with Crippen molar-refractivity contribution >= 4 is 35.3 Å². The van der Waals surface area contributed by atoms with Gasteiger partial charge < -0.3 is 9.57 Å². The lowest BCUT2D eigenvalue weighted by atomic mass is 10.3. The van der Waals surface area contributed by atoms with Gasteiger partial charge >= 0.3 is 11.9 Å². The minimum Gasteiger partial charge on any atom is -0.446 e. The van der Waals surface area contributed by atoms with Crippen molar-refractivity contribution in [3.05, 3.63) is 0 Å². The number of Topliss-reactive ketones (excluding diaryl/α,β-unsaturated/α-hetero) is 2. The van der Waals surface area contributed by atoms with Crippen LogP contribution in [0.3, 0.4) is 0 Å². The van der Waals surface area contributed by atoms with Gasteiger partial charge in [-0.15, -0.1) is 5.06 Å². The van der Waals surface area contributed by atoms with E-state index in [9.17, 15) is 28.8 Å². The van der Waals surface area contributed by atoms with Crippen LogP contribution in [-0.4, -0.2) is 46.5 Å². The highest BCUT2D eigenvalue weighted by Gasteiger charge is 2.37. The Bertz CT molecular complexity index is 471. The summed E-state index contributed by atoms with van der Waals surface area (Å²) in [5.41, 5.74) is 0. The van der Waals surface area contributed by atoms with Crippen LogP contribution in [0.1, 0.15) is 32.1 Å². The predicted octanol–water partition coefficient (Wildman–Crippen LogP) is -1.17. The largest absolute Gasteiger partial charge is 0.446 e. The van der Waals surface area contributed by atoms with Crippen molar-refractivity contribution < 1.29 is 38.3 Å². The number of ketones is 2. The number of hydrogen-bond acceptors (Lipinski definition) is 8. The van der Waals surface area contributed by atoms with Gasteiger partial charge in [-0.1, -0.05) is 0 Å². The van der Waals surface area contributed by atoms with E-state index in [1.807, 2.05) is 0 Å². The third kappa shape index (κ3) is 3.30. The number of ether oxygens (including phenoxy) is 1. The summed E-state index contributed by atoms with van der Waals surface area (Å²) in [6, 6.07) is 0. The van der Waals surface area contributed by atoms with Gasteiger partial charge in [-0.25, -0.2) is 4.79 Å². The highest BCUT2D eigenvalue weighted by molar-refractivity contribution is 6.12. The molecule has 0 unspecified atom stereocenters. The number of carbonyl (C=O) groups is 6. The molecule has 9 nitrogen and oxygen atoms in total. The van der Waals surface area contributed by atoms with Crippen molar-refractivity contribution in [2.24, 2.45) is 0 Å². The minimum absolute atomic E-state index is 0.00198. The van der Waals surface area contributed by atoms with E-state index in [-0.39, 0.29) is 25.7 Å². The van der Waals surface area contributed by atoms with E-state index in [1.54, 1.807) is 0 Å². The fourth-order valence-corrected chi connectivity index (χ4v) is 1.90. The Morgan fingerprint density at radius 2 is 1.43 bits per heavy atom. The number of esters is 1. The van der Waals surface area contributed by atoms with Crippen LogP contribution in [0.25, 0.3) is 0 Å². The molecular weight excluding hydrogens is 286 g/mol. The van der Waals surface area contributed by atoms with Gasteiger partial charge in [0.15, 0.2) is 11.6 Å². The van der Waals surface area contributed by atoms with Crippen LogP contribution in [0.5, 0.6) is 0 Å². The van der Waals surface area contributed by atoms with Crippen LogP contribution in [-0.2, 0) is 38.3 Å². The molecule has 1 aliphatic carbocycles. The fraction of sp³-hybridized carbons (Fsp3) is 0.500. The zero-order valence-electron chi connectivity index (χ0n) is 10.8. The van der Waals surface area contributed by atoms with E-state index in [1.165, 1.54) is 0 Å². The lowest BCUT2D eigenvalue weighted by molar-refractivity contribution is -0.199. The Morgan fingerprint density at radius 3 is 1.95 bits per heavy atom. The summed E-state index contributed by atoms with van der Waals surface area (Å²) in [7, 11) is 0. The molecule has 112 valence electrons. The van der Waals surface area contributed by atoms with Crippen LogP contribution in [0.15, 0.2) is 0 Å². The van der Waals surface area contributed by atoms with Crippen molar-refractivity contribution in [2.75, 3.05) is 0 Å². The van der Waals surface area contributed by atoms with E-state index in [0.717, 1.165) is 0 Å². The first kappa shape index (κ1) is 14.8. The van der Waals surface area contributed by atoms with Gasteiger partial charge in [0, 0.05) is 25.7 Å². The summed E-state index contributed by atoms with van der Waals surface area (Å²) < 4.78 is 4.60. The molecular formula is C12H11NO8. The van der Waals surface area contributed by atoms with Gasteiger partial charge in [0.05, 0.1) is 0 Å². The number of hydroxylamine groups is 2. The van der Waals surface area contributed by atoms with Gasteiger partial charge in [0.1, 0.15) is 6.42 Å². The van der Waals surface area contributed by atoms with E-state index < -0.39 is 47.8 Å². The Kier molecular flexibility index (Phi) is 4.10. The van der Waals surface area contributed by atoms with E-state index in [0.29, 0.717) is 5.06 Å². The average Bonchev–Trinajstić information content (AvgIpc) is 2.88. The molecule has 0 radical (unpaired) electrons. The normalized spacial score (nSPS) is 19.3. The highest BCUT2D eigenvalue weighted by Crippen LogP contribution is 2.16. The first-order valence-corrected chi connectivity index (χ1v) is 6.20. The molecule has 1 heterocycles. The van der Waals surface area contributed by atoms with Crippen molar-refractivity contribution in [1.29, 1.82) is 0 Å². The number of amides is 2. The third-order valence-electron chi connectivity index (χ3n) is 2.94. The Hall–Kier alpha value is -2.58. The zero-order chi connectivity index (χ0) is 15.6.